The van der Waals surface area contributed by atoms with Crippen LogP contribution in [-0.2, 0) is 10.0 Å². The summed E-state index contributed by atoms with van der Waals surface area (Å²) in [5.41, 5.74) is 0.647. The van der Waals surface area contributed by atoms with Crippen molar-refractivity contribution in [2.75, 3.05) is 19.4 Å². The number of methoxy groups -OCH3 is 1. The van der Waals surface area contributed by atoms with E-state index in [0.717, 1.165) is 5.56 Å². The first-order chi connectivity index (χ1) is 11.9. The second-order valence-corrected chi connectivity index (χ2v) is 8.41. The van der Waals surface area contributed by atoms with E-state index in [2.05, 4.69) is 0 Å². The maximum absolute atomic E-state index is 13.0. The molecule has 1 atom stereocenters. The van der Waals surface area contributed by atoms with E-state index in [-0.39, 0.29) is 10.6 Å². The molecule has 1 aliphatic rings. The number of benzene rings is 2. The fourth-order valence-corrected chi connectivity index (χ4v) is 5.95. The summed E-state index contributed by atoms with van der Waals surface area (Å²) in [6, 6.07) is 12.3. The average molecular weight is 380 g/mol. The van der Waals surface area contributed by atoms with Crippen LogP contribution < -0.4 is 4.74 Å². The van der Waals surface area contributed by atoms with E-state index in [1.54, 1.807) is 13.2 Å². The minimum Gasteiger partial charge on any atom is -0.496 e. The number of hydrogen-bond donors (Lipinski definition) is 0. The van der Waals surface area contributed by atoms with Crippen molar-refractivity contribution in [2.45, 2.75) is 10.3 Å². The van der Waals surface area contributed by atoms with E-state index in [4.69, 9.17) is 4.74 Å². The van der Waals surface area contributed by atoms with Gasteiger partial charge in [-0.25, -0.2) is 8.42 Å². The standard InChI is InChI=1S/C16H16N2O5S2/c1-23-15-5-3-2-4-14(15)16-17(10-11-24-16)25(21,22)13-8-6-12(7-9-13)18(19)20/h2-9,16H,10-11H2,1H3/t16-/m0/s1. The summed E-state index contributed by atoms with van der Waals surface area (Å²) < 4.78 is 32.8. The van der Waals surface area contributed by atoms with Crippen LogP contribution in [0.1, 0.15) is 10.9 Å². The number of rotatable bonds is 5. The van der Waals surface area contributed by atoms with E-state index in [1.807, 2.05) is 18.2 Å². The number of para-hydroxylation sites is 1. The van der Waals surface area contributed by atoms with Crippen molar-refractivity contribution in [1.29, 1.82) is 0 Å². The van der Waals surface area contributed by atoms with Gasteiger partial charge in [0.2, 0.25) is 10.0 Å². The zero-order chi connectivity index (χ0) is 18.0. The Kier molecular flexibility index (Phi) is 4.98. The van der Waals surface area contributed by atoms with Gasteiger partial charge in [-0.2, -0.15) is 4.31 Å². The number of nitrogens with zero attached hydrogens (tertiary/aromatic N) is 2. The lowest BCUT2D eigenvalue weighted by Gasteiger charge is -2.24. The van der Waals surface area contributed by atoms with Crippen molar-refractivity contribution in [3.63, 3.8) is 0 Å². The minimum absolute atomic E-state index is 0.0421. The minimum atomic E-state index is -3.77. The van der Waals surface area contributed by atoms with E-state index in [0.29, 0.717) is 18.0 Å². The molecule has 0 radical (unpaired) electrons. The lowest BCUT2D eigenvalue weighted by Crippen LogP contribution is -2.30. The van der Waals surface area contributed by atoms with Gasteiger partial charge in [-0.15, -0.1) is 11.8 Å². The number of nitro groups is 1. The highest BCUT2D eigenvalue weighted by Crippen LogP contribution is 2.44. The first-order valence-corrected chi connectivity index (χ1v) is 9.95. The van der Waals surface area contributed by atoms with Crippen LogP contribution in [0.2, 0.25) is 0 Å². The molecule has 1 fully saturated rings. The molecular weight excluding hydrogens is 364 g/mol. The molecule has 0 spiro atoms. The molecule has 25 heavy (non-hydrogen) atoms. The molecule has 1 heterocycles. The highest BCUT2D eigenvalue weighted by Gasteiger charge is 2.38. The number of non-ortho nitro benzene ring substituents is 1. The van der Waals surface area contributed by atoms with Gasteiger partial charge in [0.05, 0.1) is 22.3 Å². The van der Waals surface area contributed by atoms with Crippen LogP contribution in [0, 0.1) is 10.1 Å². The van der Waals surface area contributed by atoms with Gasteiger partial charge < -0.3 is 4.74 Å². The maximum Gasteiger partial charge on any atom is 0.269 e. The van der Waals surface area contributed by atoms with Crippen molar-refractivity contribution < 1.29 is 18.1 Å². The third kappa shape index (κ3) is 3.35. The van der Waals surface area contributed by atoms with Gasteiger partial charge in [0.15, 0.2) is 0 Å². The van der Waals surface area contributed by atoms with Gasteiger partial charge >= 0.3 is 0 Å². The molecule has 9 heteroatoms. The van der Waals surface area contributed by atoms with E-state index < -0.39 is 20.3 Å². The molecule has 0 aliphatic carbocycles. The molecule has 0 amide bonds. The molecule has 0 saturated carbocycles. The predicted octanol–water partition coefficient (Wildman–Crippen LogP) is 3.04. The summed E-state index contributed by atoms with van der Waals surface area (Å²) in [7, 11) is -2.22. The van der Waals surface area contributed by atoms with Crippen LogP contribution in [0.4, 0.5) is 5.69 Å². The monoisotopic (exact) mass is 380 g/mol. The van der Waals surface area contributed by atoms with Gasteiger partial charge in [-0.1, -0.05) is 18.2 Å². The lowest BCUT2D eigenvalue weighted by atomic mass is 10.2. The molecule has 0 unspecified atom stereocenters. The molecule has 0 N–H and O–H groups in total. The first kappa shape index (κ1) is 17.7. The number of sulfonamides is 1. The number of nitro benzene ring substituents is 1. The fourth-order valence-electron chi connectivity index (χ4n) is 2.69. The molecule has 7 nitrogen and oxygen atoms in total. The van der Waals surface area contributed by atoms with Gasteiger partial charge in [0.25, 0.3) is 5.69 Å². The normalized spacial score (nSPS) is 18.2. The average Bonchev–Trinajstić information content (AvgIpc) is 3.12. The zero-order valence-corrected chi connectivity index (χ0v) is 15.0. The molecule has 132 valence electrons. The Morgan fingerprint density at radius 2 is 1.88 bits per heavy atom. The predicted molar refractivity (Wildman–Crippen MR) is 95.2 cm³/mol. The number of hydrogen-bond acceptors (Lipinski definition) is 6. The molecule has 3 rings (SSSR count). The summed E-state index contributed by atoms with van der Waals surface area (Å²) in [6.07, 6.45) is 0. The molecule has 0 bridgehead atoms. The summed E-state index contributed by atoms with van der Waals surface area (Å²) >= 11 is 1.52. The number of thioether (sulfide) groups is 1. The van der Waals surface area contributed by atoms with Gasteiger partial charge in [-0.3, -0.25) is 10.1 Å². The highest BCUT2D eigenvalue weighted by molar-refractivity contribution is 8.01. The summed E-state index contributed by atoms with van der Waals surface area (Å²) in [5, 5.41) is 10.4. The van der Waals surface area contributed by atoms with Crippen molar-refractivity contribution in [2.24, 2.45) is 0 Å². The molecule has 1 saturated heterocycles. The van der Waals surface area contributed by atoms with Crippen LogP contribution in [0.15, 0.2) is 53.4 Å². The van der Waals surface area contributed by atoms with Crippen molar-refractivity contribution in [3.8, 4) is 5.75 Å². The van der Waals surface area contributed by atoms with E-state index in [9.17, 15) is 18.5 Å². The van der Waals surface area contributed by atoms with Gasteiger partial charge in [-0.05, 0) is 18.2 Å². The molecular formula is C16H16N2O5S2. The second kappa shape index (κ2) is 7.03. The smallest absolute Gasteiger partial charge is 0.269 e. The SMILES string of the molecule is COc1ccccc1[C@@H]1SCCN1S(=O)(=O)c1ccc([N+](=O)[O-])cc1. The van der Waals surface area contributed by atoms with Gasteiger partial charge in [0.1, 0.15) is 5.75 Å². The van der Waals surface area contributed by atoms with Gasteiger partial charge in [0, 0.05) is 30.0 Å². The Morgan fingerprint density at radius 1 is 1.20 bits per heavy atom. The molecule has 1 aliphatic heterocycles. The Hall–Kier alpha value is -2.10. The third-order valence-corrected chi connectivity index (χ3v) is 7.16. The fraction of sp³-hybridized carbons (Fsp3) is 0.250. The molecule has 2 aromatic carbocycles. The van der Waals surface area contributed by atoms with Crippen LogP contribution in [0.3, 0.4) is 0 Å². The second-order valence-electron chi connectivity index (χ2n) is 5.33. The Morgan fingerprint density at radius 3 is 2.52 bits per heavy atom. The van der Waals surface area contributed by atoms with Crippen LogP contribution >= 0.6 is 11.8 Å². The van der Waals surface area contributed by atoms with Crippen molar-refractivity contribution in [1.82, 2.24) is 4.31 Å². The largest absolute Gasteiger partial charge is 0.496 e. The molecule has 0 aromatic heterocycles. The molecule has 2 aromatic rings. The maximum atomic E-state index is 13.0. The third-order valence-electron chi connectivity index (χ3n) is 3.91. The summed E-state index contributed by atoms with van der Waals surface area (Å²) in [4.78, 5) is 10.2. The van der Waals surface area contributed by atoms with Crippen LogP contribution in [-0.4, -0.2) is 37.1 Å². The summed E-state index contributed by atoms with van der Waals surface area (Å²) in [5.74, 6) is 1.29. The van der Waals surface area contributed by atoms with Crippen LogP contribution in [0.25, 0.3) is 0 Å². The highest BCUT2D eigenvalue weighted by atomic mass is 32.2. The Bertz CT molecular complexity index is 884. The Labute approximate surface area is 149 Å². The first-order valence-electron chi connectivity index (χ1n) is 7.46. The zero-order valence-electron chi connectivity index (χ0n) is 13.4. The lowest BCUT2D eigenvalue weighted by molar-refractivity contribution is -0.384. The van der Waals surface area contributed by atoms with Crippen LogP contribution in [0.5, 0.6) is 5.75 Å². The topological polar surface area (TPSA) is 89.8 Å². The Balaban J connectivity index is 1.97. The van der Waals surface area contributed by atoms with E-state index in [1.165, 1.54) is 40.3 Å². The van der Waals surface area contributed by atoms with Crippen molar-refractivity contribution in [3.05, 3.63) is 64.2 Å². The summed E-state index contributed by atoms with van der Waals surface area (Å²) in [6.45, 7) is 0.368. The quantitative estimate of drug-likeness (QED) is 0.585. The van der Waals surface area contributed by atoms with Crippen molar-refractivity contribution >= 4 is 27.5 Å². The van der Waals surface area contributed by atoms with E-state index >= 15 is 0 Å². The number of ether oxygens (including phenoxy) is 1.